The summed E-state index contributed by atoms with van der Waals surface area (Å²) >= 11 is 0. The lowest BCUT2D eigenvalue weighted by molar-refractivity contribution is 0.149. The van der Waals surface area contributed by atoms with Crippen molar-refractivity contribution in [3.8, 4) is 5.75 Å². The third kappa shape index (κ3) is 3.49. The van der Waals surface area contributed by atoms with Crippen LogP contribution >= 0.6 is 0 Å². The summed E-state index contributed by atoms with van der Waals surface area (Å²) in [5.41, 5.74) is 0.886. The molecule has 1 saturated carbocycles. The molecule has 7 nitrogen and oxygen atoms in total. The number of aliphatic imine (C=N–C) groups is 1. The number of aromatic nitrogens is 1. The van der Waals surface area contributed by atoms with Gasteiger partial charge in [0.25, 0.3) is 0 Å². The summed E-state index contributed by atoms with van der Waals surface area (Å²) < 4.78 is 35.6. The Morgan fingerprint density at radius 2 is 1.97 bits per heavy atom. The van der Waals surface area contributed by atoms with Gasteiger partial charge in [0, 0.05) is 43.3 Å². The van der Waals surface area contributed by atoms with E-state index in [0.717, 1.165) is 37.7 Å². The minimum absolute atomic E-state index is 0.0373. The molecule has 5 rings (SSSR count). The van der Waals surface area contributed by atoms with Crippen molar-refractivity contribution in [2.45, 2.75) is 68.8 Å². The summed E-state index contributed by atoms with van der Waals surface area (Å²) in [6, 6.07) is 4.98. The van der Waals surface area contributed by atoms with Crippen LogP contribution < -0.4 is 0 Å². The molecule has 1 atom stereocenters. The number of rotatable bonds is 4. The van der Waals surface area contributed by atoms with Crippen LogP contribution in [0.15, 0.2) is 28.1 Å². The Labute approximate surface area is 183 Å². The Kier molecular flexibility index (Phi) is 5.35. The van der Waals surface area contributed by atoms with Gasteiger partial charge >= 0.3 is 0 Å². The number of hydrogen-bond acceptors (Lipinski definition) is 5. The first-order valence-electron chi connectivity index (χ1n) is 11.4. The lowest BCUT2D eigenvalue weighted by Gasteiger charge is -2.32. The molecule has 1 spiro atoms. The van der Waals surface area contributed by atoms with E-state index in [1.165, 1.54) is 25.7 Å². The number of benzene rings is 1. The van der Waals surface area contributed by atoms with Gasteiger partial charge in [-0.05, 0) is 43.9 Å². The standard InChI is InChI=1S/C23H31N3O4S/c1-30-14-17-7-6-12-26(17)31(28,29)18-8-9-20-19(13-18)21(27)22-24-15-23(16-25(20)22)10-4-2-3-5-11-23/h8-9,13,15,17,27H,2-7,10-12,14,16H2,1H3/t17-/m0/s1. The van der Waals surface area contributed by atoms with Crippen LogP contribution in [0.3, 0.4) is 0 Å². The highest BCUT2D eigenvalue weighted by Gasteiger charge is 2.37. The summed E-state index contributed by atoms with van der Waals surface area (Å²) in [5, 5.41) is 11.5. The highest BCUT2D eigenvalue weighted by atomic mass is 32.2. The summed E-state index contributed by atoms with van der Waals surface area (Å²) in [5.74, 6) is 0.611. The molecule has 0 unspecified atom stereocenters. The summed E-state index contributed by atoms with van der Waals surface area (Å²) in [6.45, 7) is 1.68. The first-order valence-corrected chi connectivity index (χ1v) is 12.8. The van der Waals surface area contributed by atoms with E-state index in [2.05, 4.69) is 9.56 Å². The van der Waals surface area contributed by atoms with Crippen LogP contribution in [-0.2, 0) is 21.3 Å². The largest absolute Gasteiger partial charge is 0.504 e. The number of aromatic hydroxyl groups is 1. The van der Waals surface area contributed by atoms with E-state index in [0.29, 0.717) is 24.4 Å². The van der Waals surface area contributed by atoms with E-state index < -0.39 is 10.0 Å². The first-order chi connectivity index (χ1) is 15.0. The molecule has 3 heterocycles. The third-order valence-corrected chi connectivity index (χ3v) is 9.25. The minimum Gasteiger partial charge on any atom is -0.504 e. The Balaban J connectivity index is 1.53. The third-order valence-electron chi connectivity index (χ3n) is 7.30. The van der Waals surface area contributed by atoms with Crippen molar-refractivity contribution >= 4 is 33.0 Å². The van der Waals surface area contributed by atoms with E-state index in [-0.39, 0.29) is 22.1 Å². The van der Waals surface area contributed by atoms with Gasteiger partial charge in [0.05, 0.1) is 17.0 Å². The zero-order chi connectivity index (χ0) is 21.6. The fourth-order valence-corrected chi connectivity index (χ4v) is 7.35. The molecule has 1 aliphatic carbocycles. The summed E-state index contributed by atoms with van der Waals surface area (Å²) in [7, 11) is -2.06. The fourth-order valence-electron chi connectivity index (χ4n) is 5.65. The van der Waals surface area contributed by atoms with Crippen LogP contribution in [0.2, 0.25) is 0 Å². The van der Waals surface area contributed by atoms with Gasteiger partial charge in [0.2, 0.25) is 10.0 Å². The molecule has 31 heavy (non-hydrogen) atoms. The Morgan fingerprint density at radius 1 is 1.19 bits per heavy atom. The molecular formula is C23H31N3O4S. The van der Waals surface area contributed by atoms with E-state index in [4.69, 9.17) is 4.74 Å². The summed E-state index contributed by atoms with van der Waals surface area (Å²) in [6.07, 6.45) is 10.8. The highest BCUT2D eigenvalue weighted by molar-refractivity contribution is 7.89. The number of methoxy groups -OCH3 is 1. The van der Waals surface area contributed by atoms with Crippen LogP contribution in [0.5, 0.6) is 5.75 Å². The van der Waals surface area contributed by atoms with Crippen LogP contribution in [0.4, 0.5) is 5.82 Å². The van der Waals surface area contributed by atoms with Crippen molar-refractivity contribution in [3.63, 3.8) is 0 Å². The molecule has 1 aromatic carbocycles. The second kappa shape index (κ2) is 7.90. The quantitative estimate of drug-likeness (QED) is 0.764. The average Bonchev–Trinajstić information content (AvgIpc) is 3.26. The number of fused-ring (bicyclic) bond motifs is 3. The van der Waals surface area contributed by atoms with Gasteiger partial charge in [-0.3, -0.25) is 0 Å². The van der Waals surface area contributed by atoms with Gasteiger partial charge in [-0.15, -0.1) is 0 Å². The molecule has 0 radical (unpaired) electrons. The molecular weight excluding hydrogens is 414 g/mol. The molecule has 2 fully saturated rings. The van der Waals surface area contributed by atoms with Crippen molar-refractivity contribution in [2.24, 2.45) is 10.4 Å². The number of sulfonamides is 1. The van der Waals surface area contributed by atoms with E-state index >= 15 is 0 Å². The van der Waals surface area contributed by atoms with Gasteiger partial charge < -0.3 is 14.4 Å². The lowest BCUT2D eigenvalue weighted by atomic mass is 9.80. The molecule has 1 aromatic heterocycles. The molecule has 0 amide bonds. The van der Waals surface area contributed by atoms with E-state index in [1.807, 2.05) is 12.3 Å². The van der Waals surface area contributed by atoms with Crippen molar-refractivity contribution < 1.29 is 18.3 Å². The lowest BCUT2D eigenvalue weighted by Crippen LogP contribution is -2.38. The van der Waals surface area contributed by atoms with Crippen molar-refractivity contribution in [1.82, 2.24) is 8.87 Å². The van der Waals surface area contributed by atoms with Crippen LogP contribution in [0.25, 0.3) is 10.9 Å². The number of ether oxygens (including phenoxy) is 1. The molecule has 2 aromatic rings. The molecule has 3 aliphatic rings. The van der Waals surface area contributed by atoms with Crippen LogP contribution in [0, 0.1) is 5.41 Å². The predicted octanol–water partition coefficient (Wildman–Crippen LogP) is 4.20. The maximum Gasteiger partial charge on any atom is 0.243 e. The zero-order valence-corrected chi connectivity index (χ0v) is 18.9. The van der Waals surface area contributed by atoms with Gasteiger partial charge in [-0.1, -0.05) is 25.7 Å². The molecule has 168 valence electrons. The van der Waals surface area contributed by atoms with Crippen molar-refractivity contribution in [3.05, 3.63) is 18.2 Å². The van der Waals surface area contributed by atoms with Crippen LogP contribution in [0.1, 0.15) is 51.4 Å². The molecule has 2 aliphatic heterocycles. The molecule has 1 N–H and O–H groups in total. The van der Waals surface area contributed by atoms with Crippen LogP contribution in [-0.4, -0.2) is 54.9 Å². The molecule has 8 heteroatoms. The average molecular weight is 446 g/mol. The van der Waals surface area contributed by atoms with Crippen molar-refractivity contribution in [2.75, 3.05) is 20.3 Å². The maximum absolute atomic E-state index is 13.4. The Bertz CT molecular complexity index is 1110. The maximum atomic E-state index is 13.4. The first kappa shape index (κ1) is 21.0. The zero-order valence-electron chi connectivity index (χ0n) is 18.1. The van der Waals surface area contributed by atoms with Gasteiger partial charge in [0.15, 0.2) is 11.6 Å². The smallest absolute Gasteiger partial charge is 0.243 e. The summed E-state index contributed by atoms with van der Waals surface area (Å²) in [4.78, 5) is 4.88. The number of hydrogen-bond donors (Lipinski definition) is 1. The predicted molar refractivity (Wildman–Crippen MR) is 121 cm³/mol. The second-order valence-corrected chi connectivity index (χ2v) is 11.2. The monoisotopic (exact) mass is 445 g/mol. The molecule has 1 saturated heterocycles. The minimum atomic E-state index is -3.66. The van der Waals surface area contributed by atoms with Gasteiger partial charge in [0.1, 0.15) is 0 Å². The SMILES string of the molecule is COC[C@@H]1CCCN1S(=O)(=O)c1ccc2c(c1)c(O)c1n2CC2(C=N1)CCCCCC2. The van der Waals surface area contributed by atoms with Gasteiger partial charge in [-0.2, -0.15) is 4.31 Å². The topological polar surface area (TPSA) is 84.1 Å². The van der Waals surface area contributed by atoms with E-state index in [1.54, 1.807) is 23.5 Å². The van der Waals surface area contributed by atoms with E-state index in [9.17, 15) is 13.5 Å². The molecule has 0 bridgehead atoms. The second-order valence-electron chi connectivity index (χ2n) is 9.34. The Hall–Kier alpha value is -1.90. The Morgan fingerprint density at radius 3 is 2.71 bits per heavy atom. The van der Waals surface area contributed by atoms with Crippen molar-refractivity contribution in [1.29, 1.82) is 0 Å². The van der Waals surface area contributed by atoms with Gasteiger partial charge in [-0.25, -0.2) is 13.4 Å². The fraction of sp³-hybridized carbons (Fsp3) is 0.609. The highest BCUT2D eigenvalue weighted by Crippen LogP contribution is 2.46. The normalized spacial score (nSPS) is 24.0. The number of nitrogens with zero attached hydrogens (tertiary/aromatic N) is 3.